The van der Waals surface area contributed by atoms with Gasteiger partial charge in [0.2, 0.25) is 5.91 Å². The highest BCUT2D eigenvalue weighted by Crippen LogP contribution is 2.28. The molecule has 0 spiro atoms. The zero-order chi connectivity index (χ0) is 17.9. The molecule has 7 nitrogen and oxygen atoms in total. The molecule has 0 aromatic heterocycles. The molecule has 124 valence electrons. The predicted octanol–water partition coefficient (Wildman–Crippen LogP) is 0.454. The van der Waals surface area contributed by atoms with Crippen molar-refractivity contribution in [3.8, 4) is 6.07 Å². The van der Waals surface area contributed by atoms with Gasteiger partial charge in [-0.2, -0.15) is 5.26 Å². The van der Waals surface area contributed by atoms with Gasteiger partial charge < -0.3 is 15.4 Å². The molecule has 1 heterocycles. The lowest BCUT2D eigenvalue weighted by Gasteiger charge is -2.38. The average Bonchev–Trinajstić information content (AvgIpc) is 2.54. The van der Waals surface area contributed by atoms with Crippen molar-refractivity contribution in [1.29, 1.82) is 5.26 Å². The largest absolute Gasteiger partial charge is 0.467 e. The Bertz CT molecular complexity index is 759. The van der Waals surface area contributed by atoms with E-state index in [0.717, 1.165) is 19.2 Å². The van der Waals surface area contributed by atoms with Gasteiger partial charge in [-0.1, -0.05) is 0 Å². The molecule has 0 unspecified atom stereocenters. The summed E-state index contributed by atoms with van der Waals surface area (Å²) in [5.41, 5.74) is -1.83. The predicted molar refractivity (Wildman–Crippen MR) is 83.1 cm³/mol. The van der Waals surface area contributed by atoms with Gasteiger partial charge in [0.05, 0.1) is 13.2 Å². The Balaban J connectivity index is 2.44. The van der Waals surface area contributed by atoms with Crippen molar-refractivity contribution < 1.29 is 23.5 Å². The molecule has 0 radical (unpaired) electrons. The SMILES string of the molecule is COC(=O)[C@]1(CC(=O)c2ccc(F)cc2)NC(=S)NC(=O)[C@H]1C#N. The van der Waals surface area contributed by atoms with E-state index in [2.05, 4.69) is 15.4 Å². The second-order valence-electron chi connectivity index (χ2n) is 5.08. The summed E-state index contributed by atoms with van der Waals surface area (Å²) < 4.78 is 17.6. The second kappa shape index (κ2) is 6.72. The summed E-state index contributed by atoms with van der Waals surface area (Å²) in [5.74, 6) is -4.41. The van der Waals surface area contributed by atoms with Crippen LogP contribution in [0.1, 0.15) is 16.8 Å². The number of hydrogen-bond donors (Lipinski definition) is 2. The fourth-order valence-electron chi connectivity index (χ4n) is 2.44. The van der Waals surface area contributed by atoms with Gasteiger partial charge in [-0.05, 0) is 36.5 Å². The fourth-order valence-corrected chi connectivity index (χ4v) is 2.73. The lowest BCUT2D eigenvalue weighted by molar-refractivity contribution is -0.152. The number of nitrogens with one attached hydrogen (secondary N) is 2. The van der Waals surface area contributed by atoms with E-state index in [4.69, 9.17) is 12.2 Å². The number of Topliss-reactive ketones (excluding diaryl/α,β-unsaturated/α-hetero) is 1. The van der Waals surface area contributed by atoms with E-state index in [-0.39, 0.29) is 10.7 Å². The minimum absolute atomic E-state index is 0.120. The zero-order valence-corrected chi connectivity index (χ0v) is 13.3. The third-order valence-corrected chi connectivity index (χ3v) is 3.82. The minimum Gasteiger partial charge on any atom is -0.467 e. The number of thiocarbonyl (C=S) groups is 1. The molecule has 1 amide bonds. The van der Waals surface area contributed by atoms with Crippen LogP contribution in [0.5, 0.6) is 0 Å². The van der Waals surface area contributed by atoms with Crippen LogP contribution in [-0.4, -0.2) is 35.4 Å². The molecular weight excluding hydrogens is 337 g/mol. The van der Waals surface area contributed by atoms with Crippen molar-refractivity contribution in [3.63, 3.8) is 0 Å². The van der Waals surface area contributed by atoms with E-state index in [1.54, 1.807) is 6.07 Å². The van der Waals surface area contributed by atoms with E-state index < -0.39 is 41.4 Å². The normalized spacial score (nSPS) is 22.8. The third kappa shape index (κ3) is 3.09. The number of nitriles is 1. The Morgan fingerprint density at radius 3 is 2.58 bits per heavy atom. The number of carbonyl (C=O) groups excluding carboxylic acids is 3. The molecule has 24 heavy (non-hydrogen) atoms. The van der Waals surface area contributed by atoms with Gasteiger partial charge in [-0.3, -0.25) is 9.59 Å². The topological polar surface area (TPSA) is 108 Å². The van der Waals surface area contributed by atoms with Crippen molar-refractivity contribution in [1.82, 2.24) is 10.6 Å². The summed E-state index contributed by atoms with van der Waals surface area (Å²) in [4.78, 5) is 36.8. The molecule has 1 aromatic carbocycles. The van der Waals surface area contributed by atoms with Crippen LogP contribution in [0, 0.1) is 23.1 Å². The molecule has 1 saturated heterocycles. The second-order valence-corrected chi connectivity index (χ2v) is 5.48. The minimum atomic E-state index is -1.95. The number of esters is 1. The molecule has 0 saturated carbocycles. The highest BCUT2D eigenvalue weighted by Gasteiger charge is 2.55. The monoisotopic (exact) mass is 349 g/mol. The van der Waals surface area contributed by atoms with Gasteiger partial charge in [-0.25, -0.2) is 9.18 Å². The standard InChI is InChI=1S/C15H12FN3O4S/c1-23-13(22)15(10(7-17)12(21)18-14(24)19-15)6-11(20)8-2-4-9(16)5-3-8/h2-5,10H,6H2,1H3,(H2,18,19,21,24)/t10-,15-/m1/s1. The lowest BCUT2D eigenvalue weighted by atomic mass is 9.77. The van der Waals surface area contributed by atoms with E-state index in [9.17, 15) is 24.0 Å². The fraction of sp³-hybridized carbons (Fsp3) is 0.267. The zero-order valence-electron chi connectivity index (χ0n) is 12.5. The molecular formula is C15H12FN3O4S. The lowest BCUT2D eigenvalue weighted by Crippen LogP contribution is -2.70. The molecule has 0 bridgehead atoms. The summed E-state index contributed by atoms with van der Waals surface area (Å²) in [7, 11) is 1.07. The van der Waals surface area contributed by atoms with Gasteiger partial charge in [0.15, 0.2) is 22.4 Å². The molecule has 2 rings (SSSR count). The third-order valence-electron chi connectivity index (χ3n) is 3.61. The van der Waals surface area contributed by atoms with Gasteiger partial charge in [0, 0.05) is 12.0 Å². The van der Waals surface area contributed by atoms with E-state index >= 15 is 0 Å². The summed E-state index contributed by atoms with van der Waals surface area (Å²) in [5, 5.41) is 13.9. The molecule has 2 N–H and O–H groups in total. The van der Waals surface area contributed by atoms with Crippen molar-refractivity contribution in [3.05, 3.63) is 35.6 Å². The number of carbonyl (C=O) groups is 3. The van der Waals surface area contributed by atoms with Crippen LogP contribution in [-0.2, 0) is 14.3 Å². The van der Waals surface area contributed by atoms with Crippen LogP contribution in [0.15, 0.2) is 24.3 Å². The highest BCUT2D eigenvalue weighted by atomic mass is 32.1. The van der Waals surface area contributed by atoms with Crippen LogP contribution in [0.25, 0.3) is 0 Å². The van der Waals surface area contributed by atoms with Crippen molar-refractivity contribution in [2.45, 2.75) is 12.0 Å². The molecule has 1 aliphatic heterocycles. The van der Waals surface area contributed by atoms with Gasteiger partial charge in [-0.15, -0.1) is 0 Å². The van der Waals surface area contributed by atoms with Crippen LogP contribution < -0.4 is 10.6 Å². The Morgan fingerprint density at radius 1 is 1.42 bits per heavy atom. The first-order valence-electron chi connectivity index (χ1n) is 6.74. The number of ether oxygens (including phenoxy) is 1. The maximum absolute atomic E-state index is 13.0. The van der Waals surface area contributed by atoms with Gasteiger partial charge >= 0.3 is 5.97 Å². The summed E-state index contributed by atoms with van der Waals surface area (Å²) in [6.45, 7) is 0. The van der Waals surface area contributed by atoms with Crippen LogP contribution in [0.2, 0.25) is 0 Å². The Morgan fingerprint density at radius 2 is 2.04 bits per heavy atom. The molecule has 1 aliphatic rings. The number of hydrogen-bond acceptors (Lipinski definition) is 6. The average molecular weight is 349 g/mol. The number of nitrogens with zero attached hydrogens (tertiary/aromatic N) is 1. The number of amides is 1. The molecule has 1 fully saturated rings. The molecule has 1 aromatic rings. The smallest absolute Gasteiger partial charge is 0.334 e. The Hall–Kier alpha value is -2.86. The summed E-state index contributed by atoms with van der Waals surface area (Å²) in [6.07, 6.45) is -0.558. The Kier molecular flexibility index (Phi) is 4.90. The molecule has 9 heteroatoms. The van der Waals surface area contributed by atoms with Crippen LogP contribution in [0.4, 0.5) is 4.39 Å². The maximum Gasteiger partial charge on any atom is 0.334 e. The number of methoxy groups -OCH3 is 1. The van der Waals surface area contributed by atoms with E-state index in [1.807, 2.05) is 0 Å². The highest BCUT2D eigenvalue weighted by molar-refractivity contribution is 7.80. The van der Waals surface area contributed by atoms with E-state index in [0.29, 0.717) is 0 Å². The number of ketones is 1. The first kappa shape index (κ1) is 17.5. The Labute approximate surface area is 141 Å². The number of rotatable bonds is 4. The summed E-state index contributed by atoms with van der Waals surface area (Å²) in [6, 6.07) is 6.36. The van der Waals surface area contributed by atoms with Crippen LogP contribution >= 0.6 is 12.2 Å². The maximum atomic E-state index is 13.0. The first-order valence-corrected chi connectivity index (χ1v) is 7.14. The van der Waals surface area contributed by atoms with Crippen molar-refractivity contribution in [2.75, 3.05) is 7.11 Å². The van der Waals surface area contributed by atoms with Gasteiger partial charge in [0.1, 0.15) is 5.82 Å². The first-order chi connectivity index (χ1) is 11.3. The van der Waals surface area contributed by atoms with Crippen LogP contribution in [0.3, 0.4) is 0 Å². The van der Waals surface area contributed by atoms with Crippen molar-refractivity contribution >= 4 is 35.0 Å². The molecule has 0 aliphatic carbocycles. The van der Waals surface area contributed by atoms with Gasteiger partial charge in [0.25, 0.3) is 0 Å². The molecule has 2 atom stereocenters. The number of benzene rings is 1. The number of halogens is 1. The quantitative estimate of drug-likeness (QED) is 0.462. The van der Waals surface area contributed by atoms with E-state index in [1.165, 1.54) is 12.1 Å². The summed E-state index contributed by atoms with van der Waals surface area (Å²) >= 11 is 4.87. The van der Waals surface area contributed by atoms with Crippen molar-refractivity contribution in [2.24, 2.45) is 5.92 Å².